The number of pyridine rings is 1. The van der Waals surface area contributed by atoms with Crippen molar-refractivity contribution >= 4 is 11.2 Å². The highest BCUT2D eigenvalue weighted by Crippen LogP contribution is 2.17. The van der Waals surface area contributed by atoms with Gasteiger partial charge in [0.25, 0.3) is 0 Å². The molecule has 0 aliphatic heterocycles. The number of nitrogens with zero attached hydrogens (tertiary/aromatic N) is 2. The molecule has 102 valence electrons. The highest BCUT2D eigenvalue weighted by Gasteiger charge is 2.08. The van der Waals surface area contributed by atoms with Gasteiger partial charge in [-0.2, -0.15) is 0 Å². The van der Waals surface area contributed by atoms with Crippen molar-refractivity contribution in [2.24, 2.45) is 0 Å². The number of aromatic nitrogens is 2. The van der Waals surface area contributed by atoms with Crippen LogP contribution in [0.4, 0.5) is 0 Å². The molecule has 0 unspecified atom stereocenters. The lowest BCUT2D eigenvalue weighted by Gasteiger charge is -2.03. The van der Waals surface area contributed by atoms with E-state index in [0.717, 1.165) is 35.6 Å². The van der Waals surface area contributed by atoms with E-state index in [4.69, 9.17) is 9.15 Å². The van der Waals surface area contributed by atoms with Crippen LogP contribution in [0.2, 0.25) is 0 Å². The molecule has 3 rings (SSSR count). The summed E-state index contributed by atoms with van der Waals surface area (Å²) in [6.45, 7) is 2.66. The van der Waals surface area contributed by atoms with E-state index in [0.29, 0.717) is 12.3 Å². The molecule has 0 aliphatic carbocycles. The van der Waals surface area contributed by atoms with Gasteiger partial charge in [0.2, 0.25) is 5.71 Å². The topological polar surface area (TPSA) is 48.2 Å². The van der Waals surface area contributed by atoms with E-state index < -0.39 is 0 Å². The van der Waals surface area contributed by atoms with Gasteiger partial charge in [0.05, 0.1) is 6.61 Å². The Labute approximate surface area is 117 Å². The number of hydrogen-bond donors (Lipinski definition) is 0. The van der Waals surface area contributed by atoms with Gasteiger partial charge in [0.1, 0.15) is 11.3 Å². The van der Waals surface area contributed by atoms with E-state index in [1.807, 2.05) is 43.3 Å². The fraction of sp³-hybridized carbons (Fsp3) is 0.250. The van der Waals surface area contributed by atoms with Gasteiger partial charge in [-0.25, -0.2) is 9.97 Å². The Kier molecular flexibility index (Phi) is 3.63. The fourth-order valence-electron chi connectivity index (χ4n) is 2.03. The van der Waals surface area contributed by atoms with Gasteiger partial charge in [0, 0.05) is 12.6 Å². The molecule has 3 aromatic rings. The normalized spacial score (nSPS) is 10.8. The first-order valence-corrected chi connectivity index (χ1v) is 6.72. The molecular formula is C16H16N2O2. The third-order valence-electron chi connectivity index (χ3n) is 3.09. The van der Waals surface area contributed by atoms with Gasteiger partial charge in [-0.1, -0.05) is 18.2 Å². The zero-order valence-electron chi connectivity index (χ0n) is 11.4. The molecule has 20 heavy (non-hydrogen) atoms. The largest absolute Gasteiger partial charge is 0.494 e. The van der Waals surface area contributed by atoms with Crippen LogP contribution in [0, 0.1) is 6.92 Å². The van der Waals surface area contributed by atoms with Gasteiger partial charge in [0.15, 0.2) is 5.89 Å². The van der Waals surface area contributed by atoms with Gasteiger partial charge >= 0.3 is 0 Å². The summed E-state index contributed by atoms with van der Waals surface area (Å²) in [5.74, 6) is 1.61. The lowest BCUT2D eigenvalue weighted by atomic mass is 10.3. The van der Waals surface area contributed by atoms with Crippen molar-refractivity contribution in [2.45, 2.75) is 19.8 Å². The zero-order valence-corrected chi connectivity index (χ0v) is 11.4. The van der Waals surface area contributed by atoms with Crippen molar-refractivity contribution in [3.8, 4) is 5.75 Å². The minimum absolute atomic E-state index is 0.615. The van der Waals surface area contributed by atoms with Gasteiger partial charge in [-0.3, -0.25) is 0 Å². The zero-order chi connectivity index (χ0) is 13.8. The van der Waals surface area contributed by atoms with E-state index in [1.54, 1.807) is 6.20 Å². The number of para-hydroxylation sites is 1. The van der Waals surface area contributed by atoms with Crippen LogP contribution < -0.4 is 4.74 Å². The standard InChI is InChI=1S/C16H16N2O2/c1-12-9-10-17-16-15(12)18-14(20-16)8-5-11-19-13-6-3-2-4-7-13/h2-4,6-7,9-10H,5,8,11H2,1H3. The Morgan fingerprint density at radius 3 is 2.80 bits per heavy atom. The molecule has 0 N–H and O–H groups in total. The van der Waals surface area contributed by atoms with Gasteiger partial charge in [-0.15, -0.1) is 0 Å². The molecule has 0 aliphatic rings. The number of benzene rings is 1. The van der Waals surface area contributed by atoms with E-state index in [9.17, 15) is 0 Å². The summed E-state index contributed by atoms with van der Waals surface area (Å²) in [7, 11) is 0. The maximum Gasteiger partial charge on any atom is 0.247 e. The van der Waals surface area contributed by atoms with Crippen LogP contribution in [0.5, 0.6) is 5.75 Å². The summed E-state index contributed by atoms with van der Waals surface area (Å²) in [6.07, 6.45) is 3.36. The van der Waals surface area contributed by atoms with Crippen molar-refractivity contribution < 1.29 is 9.15 Å². The number of rotatable bonds is 5. The first-order valence-electron chi connectivity index (χ1n) is 6.72. The predicted molar refractivity (Wildman–Crippen MR) is 76.8 cm³/mol. The Balaban J connectivity index is 1.56. The summed E-state index contributed by atoms with van der Waals surface area (Å²) in [5.41, 5.74) is 2.56. The van der Waals surface area contributed by atoms with Crippen molar-refractivity contribution in [3.05, 3.63) is 54.0 Å². The van der Waals surface area contributed by atoms with E-state index in [1.165, 1.54) is 0 Å². The van der Waals surface area contributed by atoms with E-state index in [-0.39, 0.29) is 0 Å². The Morgan fingerprint density at radius 2 is 2.00 bits per heavy atom. The van der Waals surface area contributed by atoms with Crippen molar-refractivity contribution in [1.82, 2.24) is 9.97 Å². The molecule has 0 bridgehead atoms. The number of hydrogen-bond acceptors (Lipinski definition) is 4. The lowest BCUT2D eigenvalue weighted by Crippen LogP contribution is -1.99. The average molecular weight is 268 g/mol. The molecule has 0 amide bonds. The SMILES string of the molecule is Cc1ccnc2oc(CCCOc3ccccc3)nc12. The second-order valence-electron chi connectivity index (χ2n) is 4.65. The molecule has 2 aromatic heterocycles. The molecule has 1 aromatic carbocycles. The molecule has 0 radical (unpaired) electrons. The molecule has 2 heterocycles. The van der Waals surface area contributed by atoms with Crippen LogP contribution in [-0.4, -0.2) is 16.6 Å². The Morgan fingerprint density at radius 1 is 1.15 bits per heavy atom. The van der Waals surface area contributed by atoms with Crippen molar-refractivity contribution in [3.63, 3.8) is 0 Å². The van der Waals surface area contributed by atoms with Crippen LogP contribution in [-0.2, 0) is 6.42 Å². The van der Waals surface area contributed by atoms with Crippen LogP contribution >= 0.6 is 0 Å². The van der Waals surface area contributed by atoms with E-state index >= 15 is 0 Å². The summed E-state index contributed by atoms with van der Waals surface area (Å²) in [5, 5.41) is 0. The van der Waals surface area contributed by atoms with Gasteiger partial charge in [-0.05, 0) is 37.1 Å². The molecule has 0 fully saturated rings. The number of fused-ring (bicyclic) bond motifs is 1. The lowest BCUT2D eigenvalue weighted by molar-refractivity contribution is 0.305. The number of aryl methyl sites for hydroxylation is 2. The minimum Gasteiger partial charge on any atom is -0.494 e. The molecule has 4 heteroatoms. The first kappa shape index (κ1) is 12.7. The van der Waals surface area contributed by atoms with E-state index in [2.05, 4.69) is 9.97 Å². The van der Waals surface area contributed by atoms with Crippen molar-refractivity contribution in [2.75, 3.05) is 6.61 Å². The molecule has 0 saturated heterocycles. The minimum atomic E-state index is 0.615. The van der Waals surface area contributed by atoms with Crippen molar-refractivity contribution in [1.29, 1.82) is 0 Å². The van der Waals surface area contributed by atoms with Crippen LogP contribution in [0.3, 0.4) is 0 Å². The van der Waals surface area contributed by atoms with Crippen LogP contribution in [0.25, 0.3) is 11.2 Å². The highest BCUT2D eigenvalue weighted by molar-refractivity contribution is 5.71. The quantitative estimate of drug-likeness (QED) is 0.664. The second kappa shape index (κ2) is 5.74. The average Bonchev–Trinajstić information content (AvgIpc) is 2.89. The van der Waals surface area contributed by atoms with Gasteiger partial charge < -0.3 is 9.15 Å². The Hall–Kier alpha value is -2.36. The smallest absolute Gasteiger partial charge is 0.247 e. The molecular weight excluding hydrogens is 252 g/mol. The molecule has 0 saturated carbocycles. The fourth-order valence-corrected chi connectivity index (χ4v) is 2.03. The number of oxazole rings is 1. The molecule has 4 nitrogen and oxygen atoms in total. The molecule has 0 atom stereocenters. The van der Waals surface area contributed by atoms with Crippen LogP contribution in [0.1, 0.15) is 17.9 Å². The highest BCUT2D eigenvalue weighted by atomic mass is 16.5. The monoisotopic (exact) mass is 268 g/mol. The Bertz CT molecular complexity index is 692. The number of ether oxygens (including phenoxy) is 1. The second-order valence-corrected chi connectivity index (χ2v) is 4.65. The first-order chi connectivity index (χ1) is 9.83. The summed E-state index contributed by atoms with van der Waals surface area (Å²) >= 11 is 0. The summed E-state index contributed by atoms with van der Waals surface area (Å²) in [4.78, 5) is 8.65. The molecule has 0 spiro atoms. The maximum atomic E-state index is 5.64. The third kappa shape index (κ3) is 2.79. The third-order valence-corrected chi connectivity index (χ3v) is 3.09. The summed E-state index contributed by atoms with van der Waals surface area (Å²) in [6, 6.07) is 11.7. The van der Waals surface area contributed by atoms with Crippen LogP contribution in [0.15, 0.2) is 47.0 Å². The maximum absolute atomic E-state index is 5.64. The predicted octanol–water partition coefficient (Wildman–Crippen LogP) is 3.54. The summed E-state index contributed by atoms with van der Waals surface area (Å²) < 4.78 is 11.3.